The summed E-state index contributed by atoms with van der Waals surface area (Å²) in [6, 6.07) is 22.5. The summed E-state index contributed by atoms with van der Waals surface area (Å²) in [5.41, 5.74) is 5.50. The third-order valence-electron chi connectivity index (χ3n) is 5.18. The molecule has 0 radical (unpaired) electrons. The maximum Gasteiger partial charge on any atom is 0.330 e. The molecule has 0 atom stereocenters. The highest BCUT2D eigenvalue weighted by atomic mass is 16.5. The van der Waals surface area contributed by atoms with Crippen LogP contribution < -0.4 is 14.4 Å². The Kier molecular flexibility index (Phi) is 7.92. The summed E-state index contributed by atoms with van der Waals surface area (Å²) in [5, 5.41) is 0. The molecule has 5 heteroatoms. The van der Waals surface area contributed by atoms with Crippen LogP contribution in [0.3, 0.4) is 0 Å². The molecule has 0 aliphatic rings. The van der Waals surface area contributed by atoms with Crippen LogP contribution in [-0.4, -0.2) is 26.8 Å². The van der Waals surface area contributed by atoms with Crippen molar-refractivity contribution < 1.29 is 19.0 Å². The molecule has 0 spiro atoms. The van der Waals surface area contributed by atoms with Crippen LogP contribution in [-0.2, 0) is 16.0 Å². The number of aryl methyl sites for hydroxylation is 2. The standard InChI is InChI=1S/C27H29NO4/c1-5-27(29)32-18-6-7-21-8-17-26(20(2)19-21)28(22-9-13-24(30-3)14-10-22)23-11-15-25(31-4)16-12-23/h5,8-17,19H,1,6-7,18H2,2-4H3. The SMILES string of the molecule is C=CC(=O)OCCCc1ccc(N(c2ccc(OC)cc2)c2ccc(OC)cc2)c(C)c1. The Morgan fingerprint density at radius 3 is 1.94 bits per heavy atom. The van der Waals surface area contributed by atoms with Crippen LogP contribution in [0.4, 0.5) is 17.1 Å². The van der Waals surface area contributed by atoms with Crippen molar-refractivity contribution in [2.24, 2.45) is 0 Å². The van der Waals surface area contributed by atoms with E-state index in [9.17, 15) is 4.79 Å². The monoisotopic (exact) mass is 431 g/mol. The quantitative estimate of drug-likeness (QED) is 0.219. The van der Waals surface area contributed by atoms with E-state index in [1.807, 2.05) is 48.5 Å². The Hall–Kier alpha value is -3.73. The van der Waals surface area contributed by atoms with Crippen LogP contribution in [0.2, 0.25) is 0 Å². The van der Waals surface area contributed by atoms with Gasteiger partial charge in [-0.15, -0.1) is 0 Å². The lowest BCUT2D eigenvalue weighted by molar-refractivity contribution is -0.137. The smallest absolute Gasteiger partial charge is 0.330 e. The number of carbonyl (C=O) groups excluding carboxylic acids is 1. The van der Waals surface area contributed by atoms with E-state index >= 15 is 0 Å². The van der Waals surface area contributed by atoms with E-state index in [2.05, 4.69) is 36.6 Å². The molecule has 0 amide bonds. The Bertz CT molecular complexity index is 995. The van der Waals surface area contributed by atoms with Crippen LogP contribution >= 0.6 is 0 Å². The van der Waals surface area contributed by atoms with Gasteiger partial charge in [-0.3, -0.25) is 0 Å². The fourth-order valence-corrected chi connectivity index (χ4v) is 3.52. The summed E-state index contributed by atoms with van der Waals surface area (Å²) < 4.78 is 15.7. The van der Waals surface area contributed by atoms with Crippen LogP contribution in [0.5, 0.6) is 11.5 Å². The molecular weight excluding hydrogens is 402 g/mol. The highest BCUT2D eigenvalue weighted by molar-refractivity contribution is 5.81. The number of esters is 1. The van der Waals surface area contributed by atoms with E-state index in [1.165, 1.54) is 11.6 Å². The normalized spacial score (nSPS) is 10.3. The average Bonchev–Trinajstić information content (AvgIpc) is 2.84. The number of methoxy groups -OCH3 is 2. The molecule has 0 heterocycles. The van der Waals surface area contributed by atoms with Gasteiger partial charge in [0.2, 0.25) is 0 Å². The maximum absolute atomic E-state index is 11.2. The van der Waals surface area contributed by atoms with E-state index in [0.717, 1.165) is 47.0 Å². The lowest BCUT2D eigenvalue weighted by Crippen LogP contribution is -2.11. The number of nitrogens with zero attached hydrogens (tertiary/aromatic N) is 1. The minimum absolute atomic E-state index is 0.383. The lowest BCUT2D eigenvalue weighted by atomic mass is 10.0. The van der Waals surface area contributed by atoms with Gasteiger partial charge in [0.25, 0.3) is 0 Å². The number of hydrogen-bond acceptors (Lipinski definition) is 5. The molecule has 0 aromatic heterocycles. The van der Waals surface area contributed by atoms with E-state index in [-0.39, 0.29) is 5.97 Å². The first-order chi connectivity index (χ1) is 15.5. The van der Waals surface area contributed by atoms with Gasteiger partial charge in [-0.1, -0.05) is 18.7 Å². The van der Waals surface area contributed by atoms with E-state index < -0.39 is 0 Å². The summed E-state index contributed by atoms with van der Waals surface area (Å²) in [7, 11) is 3.33. The number of benzene rings is 3. The Morgan fingerprint density at radius 2 is 1.47 bits per heavy atom. The second-order valence-electron chi connectivity index (χ2n) is 7.33. The Morgan fingerprint density at radius 1 is 0.906 bits per heavy atom. The van der Waals surface area contributed by atoms with Crippen LogP contribution in [0.15, 0.2) is 79.4 Å². The Labute approximate surface area is 189 Å². The minimum atomic E-state index is -0.383. The van der Waals surface area contributed by atoms with Crippen molar-refractivity contribution in [1.82, 2.24) is 0 Å². The molecule has 3 rings (SSSR count). The fraction of sp³-hybridized carbons (Fsp3) is 0.222. The van der Waals surface area contributed by atoms with Gasteiger partial charge in [0.15, 0.2) is 0 Å². The first-order valence-corrected chi connectivity index (χ1v) is 10.5. The molecular formula is C27H29NO4. The molecule has 0 aliphatic carbocycles. The van der Waals surface area contributed by atoms with Crippen LogP contribution in [0, 0.1) is 6.92 Å². The molecule has 5 nitrogen and oxygen atoms in total. The van der Waals surface area contributed by atoms with Crippen molar-refractivity contribution in [1.29, 1.82) is 0 Å². The second kappa shape index (κ2) is 11.0. The van der Waals surface area contributed by atoms with Gasteiger partial charge in [-0.25, -0.2) is 4.79 Å². The minimum Gasteiger partial charge on any atom is -0.497 e. The van der Waals surface area contributed by atoms with Gasteiger partial charge in [0.1, 0.15) is 11.5 Å². The zero-order chi connectivity index (χ0) is 22.9. The number of carbonyl (C=O) groups is 1. The van der Waals surface area contributed by atoms with Gasteiger partial charge in [0.05, 0.1) is 20.8 Å². The molecule has 0 unspecified atom stereocenters. The number of ether oxygens (including phenoxy) is 3. The highest BCUT2D eigenvalue weighted by Gasteiger charge is 2.15. The zero-order valence-corrected chi connectivity index (χ0v) is 18.8. The van der Waals surface area contributed by atoms with Gasteiger partial charge < -0.3 is 19.1 Å². The van der Waals surface area contributed by atoms with Crippen LogP contribution in [0.25, 0.3) is 0 Å². The van der Waals surface area contributed by atoms with Crippen molar-refractivity contribution in [2.75, 3.05) is 25.7 Å². The second-order valence-corrected chi connectivity index (χ2v) is 7.33. The van der Waals surface area contributed by atoms with Crippen molar-refractivity contribution >= 4 is 23.0 Å². The first kappa shape index (κ1) is 22.9. The number of rotatable bonds is 10. The topological polar surface area (TPSA) is 48.0 Å². The molecule has 0 N–H and O–H groups in total. The predicted molar refractivity (Wildman–Crippen MR) is 128 cm³/mol. The van der Waals surface area contributed by atoms with E-state index in [0.29, 0.717) is 6.61 Å². The molecule has 0 aliphatic heterocycles. The number of anilines is 3. The molecule has 0 saturated carbocycles. The summed E-state index contributed by atoms with van der Waals surface area (Å²) in [5.74, 6) is 1.24. The first-order valence-electron chi connectivity index (χ1n) is 10.5. The van der Waals surface area contributed by atoms with E-state index in [4.69, 9.17) is 14.2 Å². The van der Waals surface area contributed by atoms with Crippen molar-refractivity contribution in [3.63, 3.8) is 0 Å². The van der Waals surface area contributed by atoms with Crippen LogP contribution in [0.1, 0.15) is 17.5 Å². The molecule has 0 saturated heterocycles. The molecule has 166 valence electrons. The average molecular weight is 432 g/mol. The maximum atomic E-state index is 11.2. The molecule has 3 aromatic rings. The summed E-state index contributed by atoms with van der Waals surface area (Å²) in [6.45, 7) is 5.90. The summed E-state index contributed by atoms with van der Waals surface area (Å²) >= 11 is 0. The number of hydrogen-bond donors (Lipinski definition) is 0. The van der Waals surface area contributed by atoms with Gasteiger partial charge in [0, 0.05) is 23.1 Å². The van der Waals surface area contributed by atoms with Crippen molar-refractivity contribution in [2.45, 2.75) is 19.8 Å². The molecule has 0 fully saturated rings. The Balaban J connectivity index is 1.88. The summed E-state index contributed by atoms with van der Waals surface area (Å²) in [4.78, 5) is 13.4. The largest absolute Gasteiger partial charge is 0.497 e. The van der Waals surface area contributed by atoms with Gasteiger partial charge >= 0.3 is 5.97 Å². The third-order valence-corrected chi connectivity index (χ3v) is 5.18. The molecule has 0 bridgehead atoms. The van der Waals surface area contributed by atoms with Gasteiger partial charge in [-0.05, 0) is 85.5 Å². The highest BCUT2D eigenvalue weighted by Crippen LogP contribution is 2.38. The van der Waals surface area contributed by atoms with Crippen molar-refractivity contribution in [3.05, 3.63) is 90.5 Å². The van der Waals surface area contributed by atoms with Gasteiger partial charge in [-0.2, -0.15) is 0 Å². The van der Waals surface area contributed by atoms with Crippen molar-refractivity contribution in [3.8, 4) is 11.5 Å². The fourth-order valence-electron chi connectivity index (χ4n) is 3.52. The molecule has 3 aromatic carbocycles. The zero-order valence-electron chi connectivity index (χ0n) is 18.8. The predicted octanol–water partition coefficient (Wildman–Crippen LogP) is 6.14. The lowest BCUT2D eigenvalue weighted by Gasteiger charge is -2.27. The van der Waals surface area contributed by atoms with E-state index in [1.54, 1.807) is 14.2 Å². The molecule has 32 heavy (non-hydrogen) atoms. The third kappa shape index (κ3) is 5.70. The summed E-state index contributed by atoms with van der Waals surface area (Å²) in [6.07, 6.45) is 2.78.